The molecule has 0 spiro atoms. The zero-order valence-corrected chi connectivity index (χ0v) is 12.8. The highest BCUT2D eigenvalue weighted by molar-refractivity contribution is 8.00. The molecule has 0 unspecified atom stereocenters. The largest absolute Gasteiger partial charge is 0.375 e. The first-order valence-electron chi connectivity index (χ1n) is 6.07. The second-order valence-electron chi connectivity index (χ2n) is 4.22. The van der Waals surface area contributed by atoms with Gasteiger partial charge in [0, 0.05) is 16.7 Å². The fourth-order valence-electron chi connectivity index (χ4n) is 1.75. The van der Waals surface area contributed by atoms with Gasteiger partial charge in [0.25, 0.3) is 0 Å². The van der Waals surface area contributed by atoms with Crippen LogP contribution in [0.1, 0.15) is 32.4 Å². The molecule has 6 heteroatoms. The average Bonchev–Trinajstić information content (AvgIpc) is 2.77. The number of nitrogens with one attached hydrogen (secondary N) is 1. The molecule has 0 bridgehead atoms. The molecule has 0 atom stereocenters. The van der Waals surface area contributed by atoms with Gasteiger partial charge in [0.1, 0.15) is 0 Å². The van der Waals surface area contributed by atoms with Crippen LogP contribution in [0.5, 0.6) is 0 Å². The molecule has 1 rings (SSSR count). The van der Waals surface area contributed by atoms with Crippen LogP contribution in [0.4, 0.5) is 5.13 Å². The van der Waals surface area contributed by atoms with Crippen molar-refractivity contribution >= 4 is 34.1 Å². The van der Waals surface area contributed by atoms with Crippen molar-refractivity contribution in [3.63, 3.8) is 0 Å². The molecule has 0 fully saturated rings. The quantitative estimate of drug-likeness (QED) is 0.807. The minimum absolute atomic E-state index is 0.0145. The van der Waals surface area contributed by atoms with Gasteiger partial charge in [0.2, 0.25) is 5.91 Å². The summed E-state index contributed by atoms with van der Waals surface area (Å²) < 4.78 is 0.150. The van der Waals surface area contributed by atoms with Gasteiger partial charge in [0.15, 0.2) is 5.13 Å². The number of amides is 1. The van der Waals surface area contributed by atoms with E-state index in [2.05, 4.69) is 30.4 Å². The van der Waals surface area contributed by atoms with Gasteiger partial charge in [-0.2, -0.15) is 11.8 Å². The molecule has 3 N–H and O–H groups in total. The standard InChI is InChI=1S/C12H21N3OS2/c1-4-12(5-2,17-3)8-14-10(16)6-9-7-18-11(13)15-9/h7H,4-6,8H2,1-3H3,(H2,13,15)(H,14,16). The van der Waals surface area contributed by atoms with Crippen molar-refractivity contribution in [1.82, 2.24) is 10.3 Å². The van der Waals surface area contributed by atoms with Crippen LogP contribution >= 0.6 is 23.1 Å². The minimum atomic E-state index is 0.0145. The highest BCUT2D eigenvalue weighted by Crippen LogP contribution is 2.29. The van der Waals surface area contributed by atoms with Crippen LogP contribution in [0.2, 0.25) is 0 Å². The minimum Gasteiger partial charge on any atom is -0.375 e. The molecule has 102 valence electrons. The van der Waals surface area contributed by atoms with E-state index in [1.54, 1.807) is 0 Å². The summed E-state index contributed by atoms with van der Waals surface area (Å²) in [6, 6.07) is 0. The van der Waals surface area contributed by atoms with Crippen LogP contribution in [-0.4, -0.2) is 28.4 Å². The lowest BCUT2D eigenvalue weighted by Crippen LogP contribution is -2.40. The summed E-state index contributed by atoms with van der Waals surface area (Å²) in [7, 11) is 0. The van der Waals surface area contributed by atoms with Crippen molar-refractivity contribution in [3.05, 3.63) is 11.1 Å². The molecule has 0 aliphatic carbocycles. The second kappa shape index (κ2) is 6.99. The Kier molecular flexibility index (Phi) is 5.95. The van der Waals surface area contributed by atoms with Gasteiger partial charge in [0.05, 0.1) is 12.1 Å². The Hall–Kier alpha value is -0.750. The molecule has 1 amide bonds. The molecule has 0 radical (unpaired) electrons. The number of nitrogens with two attached hydrogens (primary N) is 1. The van der Waals surface area contributed by atoms with Crippen LogP contribution in [0, 0.1) is 0 Å². The number of carbonyl (C=O) groups is 1. The third-order valence-corrected chi connectivity index (χ3v) is 5.55. The maximum Gasteiger partial charge on any atom is 0.226 e. The molecule has 0 aliphatic rings. The van der Waals surface area contributed by atoms with E-state index in [0.29, 0.717) is 18.1 Å². The van der Waals surface area contributed by atoms with E-state index in [4.69, 9.17) is 5.73 Å². The number of hydrogen-bond acceptors (Lipinski definition) is 5. The number of carbonyl (C=O) groups excluding carboxylic acids is 1. The predicted molar refractivity (Wildman–Crippen MR) is 80.1 cm³/mol. The summed E-state index contributed by atoms with van der Waals surface area (Å²) in [5.41, 5.74) is 6.28. The van der Waals surface area contributed by atoms with Crippen molar-refractivity contribution in [3.8, 4) is 0 Å². The van der Waals surface area contributed by atoms with Crippen molar-refractivity contribution in [1.29, 1.82) is 0 Å². The lowest BCUT2D eigenvalue weighted by atomic mass is 10.0. The maximum absolute atomic E-state index is 11.8. The van der Waals surface area contributed by atoms with Gasteiger partial charge in [-0.15, -0.1) is 11.3 Å². The Labute approximate surface area is 117 Å². The molecule has 0 saturated carbocycles. The van der Waals surface area contributed by atoms with Crippen molar-refractivity contribution in [2.45, 2.75) is 37.9 Å². The molecule has 0 saturated heterocycles. The topological polar surface area (TPSA) is 68.0 Å². The summed E-state index contributed by atoms with van der Waals surface area (Å²) in [5, 5.41) is 5.34. The number of hydrogen-bond donors (Lipinski definition) is 2. The third kappa shape index (κ3) is 4.17. The number of nitrogens with zero attached hydrogens (tertiary/aromatic N) is 1. The second-order valence-corrected chi connectivity index (χ2v) is 6.39. The smallest absolute Gasteiger partial charge is 0.226 e. The molecule has 1 aromatic rings. The number of aromatic nitrogens is 1. The zero-order chi connectivity index (χ0) is 13.6. The summed E-state index contributed by atoms with van der Waals surface area (Å²) in [4.78, 5) is 15.9. The fraction of sp³-hybridized carbons (Fsp3) is 0.667. The first kappa shape index (κ1) is 15.3. The lowest BCUT2D eigenvalue weighted by molar-refractivity contribution is -0.120. The van der Waals surface area contributed by atoms with Gasteiger partial charge in [-0.05, 0) is 19.1 Å². The Morgan fingerprint density at radius 3 is 2.67 bits per heavy atom. The van der Waals surface area contributed by atoms with Gasteiger partial charge >= 0.3 is 0 Å². The highest BCUT2D eigenvalue weighted by atomic mass is 32.2. The Morgan fingerprint density at radius 1 is 1.56 bits per heavy atom. The van der Waals surface area contributed by atoms with E-state index in [1.807, 2.05) is 17.1 Å². The van der Waals surface area contributed by atoms with Crippen LogP contribution in [0.25, 0.3) is 0 Å². The zero-order valence-electron chi connectivity index (χ0n) is 11.2. The van der Waals surface area contributed by atoms with E-state index in [9.17, 15) is 4.79 Å². The number of nitrogen functional groups attached to an aromatic ring is 1. The van der Waals surface area contributed by atoms with E-state index < -0.39 is 0 Å². The lowest BCUT2D eigenvalue weighted by Gasteiger charge is -2.29. The van der Waals surface area contributed by atoms with Crippen LogP contribution < -0.4 is 11.1 Å². The molecule has 4 nitrogen and oxygen atoms in total. The Morgan fingerprint density at radius 2 is 2.22 bits per heavy atom. The monoisotopic (exact) mass is 287 g/mol. The summed E-state index contributed by atoms with van der Waals surface area (Å²) in [6.07, 6.45) is 4.51. The first-order valence-corrected chi connectivity index (χ1v) is 8.17. The molecule has 18 heavy (non-hydrogen) atoms. The van der Waals surface area contributed by atoms with Crippen molar-refractivity contribution < 1.29 is 4.79 Å². The van der Waals surface area contributed by atoms with E-state index in [-0.39, 0.29) is 10.7 Å². The van der Waals surface area contributed by atoms with Crippen molar-refractivity contribution in [2.75, 3.05) is 18.5 Å². The SMILES string of the molecule is CCC(CC)(CNC(=O)Cc1csc(N)n1)SC. The average molecular weight is 287 g/mol. The summed E-state index contributed by atoms with van der Waals surface area (Å²) in [6.45, 7) is 5.03. The molecule has 0 aromatic carbocycles. The normalized spacial score (nSPS) is 11.5. The van der Waals surface area contributed by atoms with Gasteiger partial charge in [-0.3, -0.25) is 4.79 Å². The Balaban J connectivity index is 2.45. The van der Waals surface area contributed by atoms with Gasteiger partial charge in [-0.25, -0.2) is 4.98 Å². The molecule has 0 aliphatic heterocycles. The summed E-state index contributed by atoms with van der Waals surface area (Å²) in [5.74, 6) is 0.0145. The number of rotatable bonds is 7. The molecular formula is C12H21N3OS2. The first-order chi connectivity index (χ1) is 8.55. The van der Waals surface area contributed by atoms with Gasteiger partial charge in [-0.1, -0.05) is 13.8 Å². The van der Waals surface area contributed by atoms with Crippen LogP contribution in [-0.2, 0) is 11.2 Å². The molecule has 1 heterocycles. The number of thioether (sulfide) groups is 1. The van der Waals surface area contributed by atoms with Gasteiger partial charge < -0.3 is 11.1 Å². The number of thiazole rings is 1. The third-order valence-electron chi connectivity index (χ3n) is 3.24. The summed E-state index contributed by atoms with van der Waals surface area (Å²) >= 11 is 3.19. The maximum atomic E-state index is 11.8. The predicted octanol–water partition coefficient (Wildman–Crippen LogP) is 2.31. The molecule has 1 aromatic heterocycles. The highest BCUT2D eigenvalue weighted by Gasteiger charge is 2.25. The van der Waals surface area contributed by atoms with E-state index in [0.717, 1.165) is 18.5 Å². The fourth-order valence-corrected chi connectivity index (χ4v) is 3.11. The van der Waals surface area contributed by atoms with E-state index in [1.165, 1.54) is 11.3 Å². The van der Waals surface area contributed by atoms with Crippen LogP contribution in [0.3, 0.4) is 0 Å². The van der Waals surface area contributed by atoms with E-state index >= 15 is 0 Å². The Bertz CT molecular complexity index is 380. The van der Waals surface area contributed by atoms with Crippen molar-refractivity contribution in [2.24, 2.45) is 0 Å². The van der Waals surface area contributed by atoms with Crippen LogP contribution in [0.15, 0.2) is 5.38 Å². The number of anilines is 1. The molecular weight excluding hydrogens is 266 g/mol.